The molecule has 0 amide bonds. The summed E-state index contributed by atoms with van der Waals surface area (Å²) in [4.78, 5) is 10.4. The van der Waals surface area contributed by atoms with Crippen LogP contribution >= 0.6 is 11.6 Å². The number of alkyl halides is 1. The van der Waals surface area contributed by atoms with Gasteiger partial charge in [0, 0.05) is 12.0 Å². The first-order valence-corrected chi connectivity index (χ1v) is 7.66. The van der Waals surface area contributed by atoms with Crippen LogP contribution in [0.4, 0.5) is 0 Å². The number of carbonyl (C=O) groups is 1. The molecule has 0 saturated heterocycles. The lowest BCUT2D eigenvalue weighted by Gasteiger charge is -2.15. The van der Waals surface area contributed by atoms with E-state index in [1.807, 2.05) is 48.5 Å². The van der Waals surface area contributed by atoms with E-state index in [1.165, 1.54) is 0 Å². The van der Waals surface area contributed by atoms with Crippen molar-refractivity contribution in [2.75, 3.05) is 7.11 Å². The highest BCUT2D eigenvalue weighted by Gasteiger charge is 2.15. The molecule has 0 radical (unpaired) electrons. The number of carbonyl (C=O) groups excluding carboxylic acids is 1. The van der Waals surface area contributed by atoms with Crippen molar-refractivity contribution in [2.45, 2.75) is 24.6 Å². The van der Waals surface area contributed by atoms with Gasteiger partial charge in [0.15, 0.2) is 0 Å². The molecule has 1 atom stereocenters. The van der Waals surface area contributed by atoms with Crippen molar-refractivity contribution < 1.29 is 14.3 Å². The maximum atomic E-state index is 10.4. The predicted octanol–water partition coefficient (Wildman–Crippen LogP) is 5.14. The second kappa shape index (κ2) is 8.44. The minimum Gasteiger partial charge on any atom is -0.496 e. The summed E-state index contributed by atoms with van der Waals surface area (Å²) in [6.07, 6.45) is 2.90. The largest absolute Gasteiger partial charge is 0.496 e. The van der Waals surface area contributed by atoms with Crippen molar-refractivity contribution in [2.24, 2.45) is 0 Å². The molecule has 0 saturated carbocycles. The normalized spacial score (nSPS) is 11.7. The summed E-state index contributed by atoms with van der Waals surface area (Å²) in [5, 5.41) is -0.214. The number of aldehydes is 1. The van der Waals surface area contributed by atoms with Gasteiger partial charge in [-0.05, 0) is 43.2 Å². The van der Waals surface area contributed by atoms with Crippen molar-refractivity contribution in [3.05, 3.63) is 54.1 Å². The Morgan fingerprint density at radius 3 is 2.59 bits per heavy atom. The number of para-hydroxylation sites is 1. The number of rotatable bonds is 8. The van der Waals surface area contributed by atoms with Crippen LogP contribution in [0.5, 0.6) is 17.2 Å². The molecule has 2 aromatic rings. The van der Waals surface area contributed by atoms with Crippen LogP contribution in [0.2, 0.25) is 0 Å². The van der Waals surface area contributed by atoms with Gasteiger partial charge in [-0.1, -0.05) is 18.2 Å². The van der Waals surface area contributed by atoms with Crippen molar-refractivity contribution in [3.63, 3.8) is 0 Å². The van der Waals surface area contributed by atoms with E-state index in [4.69, 9.17) is 21.1 Å². The van der Waals surface area contributed by atoms with Crippen molar-refractivity contribution >= 4 is 17.9 Å². The lowest BCUT2D eigenvalue weighted by atomic mass is 10.1. The van der Waals surface area contributed by atoms with Crippen LogP contribution < -0.4 is 9.47 Å². The molecule has 1 unspecified atom stereocenters. The summed E-state index contributed by atoms with van der Waals surface area (Å²) in [5.74, 6) is 2.21. The van der Waals surface area contributed by atoms with E-state index in [1.54, 1.807) is 7.11 Å². The van der Waals surface area contributed by atoms with Crippen molar-refractivity contribution in [1.29, 1.82) is 0 Å². The van der Waals surface area contributed by atoms with Gasteiger partial charge < -0.3 is 14.3 Å². The van der Waals surface area contributed by atoms with Crippen LogP contribution in [-0.2, 0) is 4.79 Å². The SMILES string of the molecule is COc1ccc(Oc2ccccc2)cc1C(Cl)CCCC=O. The molecule has 22 heavy (non-hydrogen) atoms. The third-order valence-electron chi connectivity index (χ3n) is 3.30. The highest BCUT2D eigenvalue weighted by molar-refractivity contribution is 6.21. The minimum atomic E-state index is -0.214. The van der Waals surface area contributed by atoms with Gasteiger partial charge in [-0.3, -0.25) is 0 Å². The Kier molecular flexibility index (Phi) is 6.28. The quantitative estimate of drug-likeness (QED) is 0.384. The van der Waals surface area contributed by atoms with Gasteiger partial charge >= 0.3 is 0 Å². The van der Waals surface area contributed by atoms with Gasteiger partial charge in [0.05, 0.1) is 12.5 Å². The summed E-state index contributed by atoms with van der Waals surface area (Å²) in [6.45, 7) is 0. The van der Waals surface area contributed by atoms with Crippen LogP contribution in [-0.4, -0.2) is 13.4 Å². The third kappa shape index (κ3) is 4.50. The first-order valence-electron chi connectivity index (χ1n) is 7.23. The number of halogens is 1. The Hall–Kier alpha value is -2.00. The molecule has 0 N–H and O–H groups in total. The molecule has 2 aromatic carbocycles. The second-order valence-electron chi connectivity index (χ2n) is 4.88. The van der Waals surface area contributed by atoms with Gasteiger partial charge in [-0.15, -0.1) is 11.6 Å². The van der Waals surface area contributed by atoms with E-state index in [0.29, 0.717) is 18.6 Å². The topological polar surface area (TPSA) is 35.5 Å². The zero-order chi connectivity index (χ0) is 15.8. The average molecular weight is 319 g/mol. The van der Waals surface area contributed by atoms with Gasteiger partial charge in [0.25, 0.3) is 0 Å². The van der Waals surface area contributed by atoms with E-state index in [0.717, 1.165) is 29.8 Å². The molecule has 4 heteroatoms. The van der Waals surface area contributed by atoms with E-state index in [9.17, 15) is 4.79 Å². The molecule has 0 bridgehead atoms. The number of methoxy groups -OCH3 is 1. The minimum absolute atomic E-state index is 0.214. The number of benzene rings is 2. The Morgan fingerprint density at radius 2 is 1.91 bits per heavy atom. The second-order valence-corrected chi connectivity index (χ2v) is 5.41. The lowest BCUT2D eigenvalue weighted by molar-refractivity contribution is -0.107. The maximum Gasteiger partial charge on any atom is 0.128 e. The number of hydrogen-bond acceptors (Lipinski definition) is 3. The molecule has 0 aliphatic carbocycles. The first kappa shape index (κ1) is 16.4. The molecule has 0 aromatic heterocycles. The van der Waals surface area contributed by atoms with Crippen LogP contribution in [0.15, 0.2) is 48.5 Å². The number of ether oxygens (including phenoxy) is 2. The number of unbranched alkanes of at least 4 members (excludes halogenated alkanes) is 1. The number of hydrogen-bond donors (Lipinski definition) is 0. The van der Waals surface area contributed by atoms with Crippen LogP contribution in [0.25, 0.3) is 0 Å². The lowest BCUT2D eigenvalue weighted by Crippen LogP contribution is -1.97. The first-order chi connectivity index (χ1) is 10.7. The highest BCUT2D eigenvalue weighted by atomic mass is 35.5. The summed E-state index contributed by atoms with van der Waals surface area (Å²) < 4.78 is 11.2. The predicted molar refractivity (Wildman–Crippen MR) is 88.0 cm³/mol. The standard InChI is InChI=1S/C18H19ClO3/c1-21-18-11-10-15(22-14-7-3-2-4-8-14)13-16(18)17(19)9-5-6-12-20/h2-4,7-8,10-13,17H,5-6,9H2,1H3. The Labute approximate surface area is 135 Å². The fraction of sp³-hybridized carbons (Fsp3) is 0.278. The van der Waals surface area contributed by atoms with E-state index >= 15 is 0 Å². The van der Waals surface area contributed by atoms with Gasteiger partial charge in [0.1, 0.15) is 23.5 Å². The van der Waals surface area contributed by atoms with Gasteiger partial charge in [0.2, 0.25) is 0 Å². The molecular formula is C18H19ClO3. The average Bonchev–Trinajstić information content (AvgIpc) is 2.56. The third-order valence-corrected chi connectivity index (χ3v) is 3.75. The Balaban J connectivity index is 2.16. The molecule has 0 fully saturated rings. The smallest absolute Gasteiger partial charge is 0.128 e. The molecule has 0 spiro atoms. The summed E-state index contributed by atoms with van der Waals surface area (Å²) >= 11 is 6.45. The molecule has 0 aliphatic heterocycles. The van der Waals surface area contributed by atoms with E-state index in [2.05, 4.69) is 0 Å². The molecule has 3 nitrogen and oxygen atoms in total. The highest BCUT2D eigenvalue weighted by Crippen LogP contribution is 2.36. The monoisotopic (exact) mass is 318 g/mol. The van der Waals surface area contributed by atoms with E-state index < -0.39 is 0 Å². The fourth-order valence-corrected chi connectivity index (χ4v) is 2.51. The van der Waals surface area contributed by atoms with Crippen LogP contribution in [0.1, 0.15) is 30.2 Å². The van der Waals surface area contributed by atoms with Crippen LogP contribution in [0, 0.1) is 0 Å². The van der Waals surface area contributed by atoms with Gasteiger partial charge in [-0.25, -0.2) is 0 Å². The molecule has 0 aliphatic rings. The van der Waals surface area contributed by atoms with Gasteiger partial charge in [-0.2, -0.15) is 0 Å². The van der Waals surface area contributed by atoms with Crippen molar-refractivity contribution in [1.82, 2.24) is 0 Å². The zero-order valence-corrected chi connectivity index (χ0v) is 13.3. The Morgan fingerprint density at radius 1 is 1.14 bits per heavy atom. The molecule has 2 rings (SSSR count). The molecule has 116 valence electrons. The maximum absolute atomic E-state index is 10.4. The summed E-state index contributed by atoms with van der Waals surface area (Å²) in [6, 6.07) is 15.2. The summed E-state index contributed by atoms with van der Waals surface area (Å²) in [7, 11) is 1.62. The zero-order valence-electron chi connectivity index (χ0n) is 12.5. The summed E-state index contributed by atoms with van der Waals surface area (Å²) in [5.41, 5.74) is 0.878. The molecule has 0 heterocycles. The van der Waals surface area contributed by atoms with Crippen LogP contribution in [0.3, 0.4) is 0 Å². The molecular weight excluding hydrogens is 300 g/mol. The van der Waals surface area contributed by atoms with Crippen molar-refractivity contribution in [3.8, 4) is 17.2 Å². The Bertz CT molecular complexity index is 599. The van der Waals surface area contributed by atoms with E-state index in [-0.39, 0.29) is 5.38 Å². The fourth-order valence-electron chi connectivity index (χ4n) is 2.18.